The summed E-state index contributed by atoms with van der Waals surface area (Å²) in [6, 6.07) is 4.86. The number of carbonyl (C=O) groups is 1. The highest BCUT2D eigenvalue weighted by Gasteiger charge is 2.45. The van der Waals surface area contributed by atoms with Crippen LogP contribution in [0.5, 0.6) is 0 Å². The van der Waals surface area contributed by atoms with E-state index in [-0.39, 0.29) is 17.1 Å². The molecule has 0 unspecified atom stereocenters. The van der Waals surface area contributed by atoms with Crippen LogP contribution >= 0.6 is 15.9 Å². The molecular weight excluding hydrogens is 325 g/mol. The summed E-state index contributed by atoms with van der Waals surface area (Å²) in [6.07, 6.45) is 3.31. The van der Waals surface area contributed by atoms with Gasteiger partial charge in [-0.1, -0.05) is 15.9 Å². The van der Waals surface area contributed by atoms with Crippen molar-refractivity contribution in [3.05, 3.63) is 28.5 Å². The van der Waals surface area contributed by atoms with Gasteiger partial charge in [0.15, 0.2) is 0 Å². The van der Waals surface area contributed by atoms with Crippen LogP contribution in [0.1, 0.15) is 25.7 Å². The lowest BCUT2D eigenvalue weighted by molar-refractivity contribution is -0.136. The molecule has 0 aliphatic carbocycles. The maximum atomic E-state index is 14.1. The summed E-state index contributed by atoms with van der Waals surface area (Å²) in [6.45, 7) is 1.85. The fourth-order valence-corrected chi connectivity index (χ4v) is 3.56. The van der Waals surface area contributed by atoms with Gasteiger partial charge in [-0.15, -0.1) is 0 Å². The summed E-state index contributed by atoms with van der Waals surface area (Å²) in [5.41, 5.74) is 0.0551. The van der Waals surface area contributed by atoms with Gasteiger partial charge < -0.3 is 9.64 Å². The van der Waals surface area contributed by atoms with E-state index in [9.17, 15) is 9.18 Å². The van der Waals surface area contributed by atoms with E-state index in [4.69, 9.17) is 4.74 Å². The van der Waals surface area contributed by atoms with E-state index in [0.29, 0.717) is 29.9 Å². The quantitative estimate of drug-likeness (QED) is 0.782. The fourth-order valence-electron chi connectivity index (χ4n) is 3.23. The number of amides is 1. The summed E-state index contributed by atoms with van der Waals surface area (Å²) in [5.74, 6) is -0.287. The molecule has 5 heteroatoms. The lowest BCUT2D eigenvalue weighted by atomic mass is 9.73. The van der Waals surface area contributed by atoms with E-state index in [2.05, 4.69) is 15.9 Å². The first kappa shape index (κ1) is 14.0. The van der Waals surface area contributed by atoms with Crippen LogP contribution in [0.25, 0.3) is 0 Å². The van der Waals surface area contributed by atoms with Gasteiger partial charge in [-0.25, -0.2) is 4.39 Å². The smallest absolute Gasteiger partial charge is 0.233 e. The van der Waals surface area contributed by atoms with Crippen molar-refractivity contribution in [1.29, 1.82) is 0 Å². The number of hydrogen-bond acceptors (Lipinski definition) is 2. The van der Waals surface area contributed by atoms with E-state index in [0.717, 1.165) is 25.7 Å². The van der Waals surface area contributed by atoms with Gasteiger partial charge in [0.2, 0.25) is 5.91 Å². The predicted molar refractivity (Wildman–Crippen MR) is 78.2 cm³/mol. The molecule has 108 valence electrons. The molecule has 2 saturated heterocycles. The molecule has 1 aromatic carbocycles. The molecule has 0 aromatic heterocycles. The number of piperidine rings is 1. The number of anilines is 1. The van der Waals surface area contributed by atoms with E-state index in [1.807, 2.05) is 0 Å². The maximum absolute atomic E-state index is 14.1. The van der Waals surface area contributed by atoms with E-state index >= 15 is 0 Å². The first-order valence-corrected chi connectivity index (χ1v) is 7.76. The minimum Gasteiger partial charge on any atom is -0.381 e. The third-order valence-corrected chi connectivity index (χ3v) is 4.88. The lowest BCUT2D eigenvalue weighted by Crippen LogP contribution is -2.51. The first-order chi connectivity index (χ1) is 9.62. The zero-order valence-corrected chi connectivity index (χ0v) is 12.8. The SMILES string of the molecule is O=C1N(c2ccc(Br)cc2F)CCCC12CCOCC2. The highest BCUT2D eigenvalue weighted by atomic mass is 79.9. The Morgan fingerprint density at radius 2 is 2.00 bits per heavy atom. The molecule has 0 atom stereocenters. The molecule has 1 spiro atoms. The van der Waals surface area contributed by atoms with E-state index in [1.54, 1.807) is 17.0 Å². The molecule has 0 radical (unpaired) electrons. The van der Waals surface area contributed by atoms with Crippen LogP contribution in [0.2, 0.25) is 0 Å². The summed E-state index contributed by atoms with van der Waals surface area (Å²) in [4.78, 5) is 14.5. The molecule has 1 aromatic rings. The van der Waals surface area contributed by atoms with Gasteiger partial charge in [-0.3, -0.25) is 4.79 Å². The van der Waals surface area contributed by atoms with Crippen molar-refractivity contribution >= 4 is 27.5 Å². The second kappa shape index (κ2) is 5.45. The highest BCUT2D eigenvalue weighted by molar-refractivity contribution is 9.10. The van der Waals surface area contributed by atoms with Gasteiger partial charge >= 0.3 is 0 Å². The van der Waals surface area contributed by atoms with E-state index < -0.39 is 0 Å². The molecule has 0 bridgehead atoms. The molecule has 0 N–H and O–H groups in total. The number of benzene rings is 1. The van der Waals surface area contributed by atoms with Gasteiger partial charge in [0.1, 0.15) is 5.82 Å². The monoisotopic (exact) mass is 341 g/mol. The number of carbonyl (C=O) groups excluding carboxylic acids is 1. The Bertz CT molecular complexity index is 523. The third kappa shape index (κ3) is 2.37. The fraction of sp³-hybridized carbons (Fsp3) is 0.533. The zero-order chi connectivity index (χ0) is 14.2. The van der Waals surface area contributed by atoms with Crippen molar-refractivity contribution in [3.8, 4) is 0 Å². The highest BCUT2D eigenvalue weighted by Crippen LogP contribution is 2.42. The Balaban J connectivity index is 1.91. The number of hydrogen-bond donors (Lipinski definition) is 0. The van der Waals surface area contributed by atoms with Crippen LogP contribution in [-0.4, -0.2) is 25.7 Å². The minimum atomic E-state index is -0.350. The lowest BCUT2D eigenvalue weighted by Gasteiger charge is -2.43. The first-order valence-electron chi connectivity index (χ1n) is 6.97. The molecule has 2 aliphatic heterocycles. The summed E-state index contributed by atoms with van der Waals surface area (Å²) >= 11 is 3.25. The van der Waals surface area contributed by atoms with Gasteiger partial charge in [-0.05, 0) is 43.9 Å². The molecule has 0 saturated carbocycles. The molecule has 1 amide bonds. The van der Waals surface area contributed by atoms with Crippen molar-refractivity contribution < 1.29 is 13.9 Å². The van der Waals surface area contributed by atoms with Crippen LogP contribution in [0.3, 0.4) is 0 Å². The van der Waals surface area contributed by atoms with Crippen molar-refractivity contribution in [2.75, 3.05) is 24.7 Å². The minimum absolute atomic E-state index is 0.0632. The van der Waals surface area contributed by atoms with Crippen LogP contribution in [0.4, 0.5) is 10.1 Å². The Labute approximate surface area is 126 Å². The summed E-state index contributed by atoms with van der Waals surface area (Å²) < 4.78 is 20.2. The molecule has 2 fully saturated rings. The van der Waals surface area contributed by atoms with Gasteiger partial charge in [0.05, 0.1) is 11.1 Å². The second-order valence-electron chi connectivity index (χ2n) is 5.55. The number of halogens is 2. The van der Waals surface area contributed by atoms with Gasteiger partial charge in [-0.2, -0.15) is 0 Å². The molecule has 2 heterocycles. The van der Waals surface area contributed by atoms with Crippen molar-refractivity contribution in [2.24, 2.45) is 5.41 Å². The van der Waals surface area contributed by atoms with Crippen molar-refractivity contribution in [1.82, 2.24) is 0 Å². The van der Waals surface area contributed by atoms with Crippen molar-refractivity contribution in [3.63, 3.8) is 0 Å². The molecule has 3 nitrogen and oxygen atoms in total. The molecule has 3 rings (SSSR count). The largest absolute Gasteiger partial charge is 0.381 e. The molecule has 2 aliphatic rings. The Morgan fingerprint density at radius 1 is 1.25 bits per heavy atom. The standard InChI is InChI=1S/C15H17BrFNO2/c16-11-2-3-13(12(17)10-11)18-7-1-4-15(14(18)19)5-8-20-9-6-15/h2-3,10H,1,4-9H2. The van der Waals surface area contributed by atoms with Gasteiger partial charge in [0.25, 0.3) is 0 Å². The normalized spacial score (nSPS) is 22.3. The predicted octanol–water partition coefficient (Wildman–Crippen LogP) is 3.51. The Morgan fingerprint density at radius 3 is 2.70 bits per heavy atom. The second-order valence-corrected chi connectivity index (χ2v) is 6.46. The number of nitrogens with zero attached hydrogens (tertiary/aromatic N) is 1. The number of rotatable bonds is 1. The van der Waals surface area contributed by atoms with Crippen molar-refractivity contribution in [2.45, 2.75) is 25.7 Å². The average molecular weight is 342 g/mol. The topological polar surface area (TPSA) is 29.5 Å². The molecule has 20 heavy (non-hydrogen) atoms. The van der Waals surface area contributed by atoms with Crippen LogP contribution in [0, 0.1) is 11.2 Å². The number of ether oxygens (including phenoxy) is 1. The van der Waals surface area contributed by atoms with Crippen LogP contribution < -0.4 is 4.90 Å². The van der Waals surface area contributed by atoms with Crippen LogP contribution in [0.15, 0.2) is 22.7 Å². The van der Waals surface area contributed by atoms with Crippen LogP contribution in [-0.2, 0) is 9.53 Å². The Hall–Kier alpha value is -0.940. The van der Waals surface area contributed by atoms with Gasteiger partial charge in [0, 0.05) is 24.2 Å². The Kier molecular flexibility index (Phi) is 3.82. The zero-order valence-electron chi connectivity index (χ0n) is 11.2. The van der Waals surface area contributed by atoms with E-state index in [1.165, 1.54) is 6.07 Å². The maximum Gasteiger partial charge on any atom is 0.233 e. The summed E-state index contributed by atoms with van der Waals surface area (Å²) in [5, 5.41) is 0. The summed E-state index contributed by atoms with van der Waals surface area (Å²) in [7, 11) is 0. The molecular formula is C15H17BrFNO2. The third-order valence-electron chi connectivity index (χ3n) is 4.39. The average Bonchev–Trinajstić information content (AvgIpc) is 2.44.